The Bertz CT molecular complexity index is 1350. The highest BCUT2D eigenvalue weighted by Crippen LogP contribution is 2.49. The normalized spacial score (nSPS) is 15.2. The number of rotatable bonds is 1. The lowest BCUT2D eigenvalue weighted by atomic mass is 10.0. The Balaban J connectivity index is 1.73. The maximum atomic E-state index is 6.77. The predicted octanol–water partition coefficient (Wildman–Crippen LogP) is 10.0. The molecule has 2 aliphatic heterocycles. The van der Waals surface area contributed by atoms with Gasteiger partial charge >= 0.3 is 0 Å². The summed E-state index contributed by atoms with van der Waals surface area (Å²) in [4.78, 5) is 0. The minimum absolute atomic E-state index is 0.694. The molecule has 3 heterocycles. The van der Waals surface area contributed by atoms with Crippen LogP contribution in [-0.4, -0.2) is 13.2 Å². The lowest BCUT2D eigenvalue weighted by Crippen LogP contribution is -1.99. The van der Waals surface area contributed by atoms with Gasteiger partial charge in [-0.25, -0.2) is 0 Å². The van der Waals surface area contributed by atoms with E-state index in [4.69, 9.17) is 17.9 Å². The largest absolute Gasteiger partial charge is 0.494 e. The molecule has 5 heteroatoms. The Morgan fingerprint density at radius 3 is 1.69 bits per heavy atom. The maximum Gasteiger partial charge on any atom is 0.256 e. The lowest BCUT2D eigenvalue weighted by molar-refractivity contribution is 0.302. The number of fused-ring (bicyclic) bond motifs is 15. The zero-order valence-electron chi connectivity index (χ0n) is 22.0. The summed E-state index contributed by atoms with van der Waals surface area (Å²) in [5, 5.41) is 3.11. The van der Waals surface area contributed by atoms with Crippen LogP contribution >= 0.6 is 8.01 Å². The Labute approximate surface area is 215 Å². The SMILES string of the molecule is Cc1cc(C)c2op(-c3cc4ccc3OCCCCCCCCCO4)oc3c(C)cc(C)cc3c2c1. The second-order valence-corrected chi connectivity index (χ2v) is 11.5. The summed E-state index contributed by atoms with van der Waals surface area (Å²) in [6.07, 6.45) is 8.37. The molecule has 36 heavy (non-hydrogen) atoms. The van der Waals surface area contributed by atoms with Gasteiger partial charge in [-0.1, -0.05) is 44.2 Å². The second-order valence-electron chi connectivity index (χ2n) is 10.2. The molecule has 0 N–H and O–H groups in total. The van der Waals surface area contributed by atoms with Crippen LogP contribution in [0, 0.1) is 27.7 Å². The summed E-state index contributed by atoms with van der Waals surface area (Å²) >= 11 is 0. The van der Waals surface area contributed by atoms with Gasteiger partial charge in [0.1, 0.15) is 28.0 Å². The Hall–Kier alpha value is -2.84. The quantitative estimate of drug-likeness (QED) is 0.259. The van der Waals surface area contributed by atoms with Crippen molar-refractivity contribution in [2.45, 2.75) is 72.6 Å². The maximum absolute atomic E-state index is 6.77. The van der Waals surface area contributed by atoms with Crippen LogP contribution in [-0.2, 0) is 0 Å². The molecule has 3 aromatic carbocycles. The molecule has 6 rings (SSSR count). The van der Waals surface area contributed by atoms with E-state index in [2.05, 4.69) is 58.0 Å². The average Bonchev–Trinajstić information content (AvgIpc) is 3.01. The highest BCUT2D eigenvalue weighted by Gasteiger charge is 2.17. The fraction of sp³-hybridized carbons (Fsp3) is 0.419. The number of ether oxygens (including phenoxy) is 2. The van der Waals surface area contributed by atoms with Crippen LogP contribution in [0.1, 0.15) is 67.2 Å². The molecule has 190 valence electrons. The molecule has 0 saturated heterocycles. The summed E-state index contributed by atoms with van der Waals surface area (Å²) in [6, 6.07) is 14.9. The number of hydrogen-bond donors (Lipinski definition) is 0. The third kappa shape index (κ3) is 5.44. The van der Waals surface area contributed by atoms with Crippen molar-refractivity contribution in [3.63, 3.8) is 0 Å². The molecule has 4 aromatic rings. The van der Waals surface area contributed by atoms with Gasteiger partial charge in [0.05, 0.1) is 13.2 Å². The number of hydrogen-bond acceptors (Lipinski definition) is 4. The molecule has 2 bridgehead atoms. The first-order chi connectivity index (χ1) is 17.5. The molecule has 0 spiro atoms. The molecular formula is C31H37O4P. The first-order valence-electron chi connectivity index (χ1n) is 13.3. The van der Waals surface area contributed by atoms with E-state index in [-0.39, 0.29) is 0 Å². The minimum Gasteiger partial charge on any atom is -0.494 e. The summed E-state index contributed by atoms with van der Waals surface area (Å²) in [5.74, 6) is 1.66. The van der Waals surface area contributed by atoms with Crippen molar-refractivity contribution in [1.82, 2.24) is 0 Å². The topological polar surface area (TPSA) is 44.7 Å². The molecule has 0 aliphatic carbocycles. The summed E-state index contributed by atoms with van der Waals surface area (Å²) in [6.45, 7) is 9.92. The van der Waals surface area contributed by atoms with Gasteiger partial charge in [-0.05, 0) is 87.1 Å². The van der Waals surface area contributed by atoms with Crippen molar-refractivity contribution >= 4 is 30.0 Å². The number of aryl methyl sites for hydroxylation is 4. The molecule has 0 radical (unpaired) electrons. The highest BCUT2D eigenvalue weighted by molar-refractivity contribution is 7.45. The summed E-state index contributed by atoms with van der Waals surface area (Å²) in [7, 11) is -1.49. The fourth-order valence-electron chi connectivity index (χ4n) is 5.15. The van der Waals surface area contributed by atoms with Gasteiger partial charge in [0.15, 0.2) is 0 Å². The second kappa shape index (κ2) is 11.0. The first-order valence-corrected chi connectivity index (χ1v) is 14.5. The third-order valence-electron chi connectivity index (χ3n) is 6.92. The van der Waals surface area contributed by atoms with Gasteiger partial charge < -0.3 is 17.9 Å². The zero-order valence-corrected chi connectivity index (χ0v) is 22.9. The molecule has 0 unspecified atom stereocenters. The van der Waals surface area contributed by atoms with Crippen LogP contribution in [0.15, 0.2) is 50.9 Å². The Morgan fingerprint density at radius 2 is 1.11 bits per heavy atom. The van der Waals surface area contributed by atoms with Crippen molar-refractivity contribution in [2.75, 3.05) is 13.2 Å². The van der Waals surface area contributed by atoms with Crippen molar-refractivity contribution in [2.24, 2.45) is 0 Å². The molecule has 0 amide bonds. The van der Waals surface area contributed by atoms with E-state index in [0.717, 1.165) is 69.3 Å². The fourth-order valence-corrected chi connectivity index (χ4v) is 6.75. The molecule has 0 atom stereocenters. The van der Waals surface area contributed by atoms with Crippen LogP contribution in [0.2, 0.25) is 0 Å². The van der Waals surface area contributed by atoms with E-state index < -0.39 is 8.01 Å². The highest BCUT2D eigenvalue weighted by atomic mass is 31.1. The van der Waals surface area contributed by atoms with Crippen molar-refractivity contribution in [3.05, 3.63) is 64.7 Å². The molecule has 0 saturated carbocycles. The monoisotopic (exact) mass is 504 g/mol. The van der Waals surface area contributed by atoms with Gasteiger partial charge in [0.2, 0.25) is 0 Å². The molecule has 0 fully saturated rings. The first kappa shape index (κ1) is 24.8. The molecule has 2 aliphatic rings. The van der Waals surface area contributed by atoms with E-state index in [1.54, 1.807) is 0 Å². The minimum atomic E-state index is -1.49. The van der Waals surface area contributed by atoms with Crippen LogP contribution in [0.5, 0.6) is 11.5 Å². The zero-order chi connectivity index (χ0) is 25.1. The van der Waals surface area contributed by atoms with E-state index in [1.165, 1.54) is 43.2 Å². The smallest absolute Gasteiger partial charge is 0.256 e. The van der Waals surface area contributed by atoms with E-state index in [0.29, 0.717) is 6.61 Å². The van der Waals surface area contributed by atoms with Crippen LogP contribution < -0.4 is 9.47 Å². The van der Waals surface area contributed by atoms with Crippen molar-refractivity contribution in [1.29, 1.82) is 0 Å². The van der Waals surface area contributed by atoms with E-state index in [1.807, 2.05) is 12.1 Å². The van der Waals surface area contributed by atoms with Crippen LogP contribution in [0.4, 0.5) is 0 Å². The summed E-state index contributed by atoms with van der Waals surface area (Å²) in [5.41, 5.74) is 6.42. The van der Waals surface area contributed by atoms with Gasteiger partial charge in [-0.2, -0.15) is 0 Å². The van der Waals surface area contributed by atoms with E-state index >= 15 is 0 Å². The standard InChI is InChI=1S/C31H37O4P/c1-21-16-23(3)30-26(18-21)27-19-22(2)17-24(4)31(27)35-36(34-30)29-20-25-12-13-28(29)33-15-11-9-7-5-6-8-10-14-32-25/h12-13,16-20H,5-11,14-15H2,1-4H3. The van der Waals surface area contributed by atoms with Crippen molar-refractivity contribution < 1.29 is 17.9 Å². The van der Waals surface area contributed by atoms with Gasteiger partial charge in [-0.15, -0.1) is 0 Å². The van der Waals surface area contributed by atoms with Gasteiger partial charge in [-0.3, -0.25) is 0 Å². The summed E-state index contributed by atoms with van der Waals surface area (Å²) < 4.78 is 26.0. The molecular weight excluding hydrogens is 467 g/mol. The van der Waals surface area contributed by atoms with Gasteiger partial charge in [0.25, 0.3) is 8.01 Å². The Kier molecular flexibility index (Phi) is 7.62. The predicted molar refractivity (Wildman–Crippen MR) is 150 cm³/mol. The Morgan fingerprint density at radius 1 is 0.583 bits per heavy atom. The van der Waals surface area contributed by atoms with Crippen molar-refractivity contribution in [3.8, 4) is 16.8 Å². The third-order valence-corrected chi connectivity index (χ3v) is 8.36. The average molecular weight is 505 g/mol. The van der Waals surface area contributed by atoms with E-state index in [9.17, 15) is 0 Å². The molecule has 4 nitrogen and oxygen atoms in total. The van der Waals surface area contributed by atoms with Gasteiger partial charge in [0, 0.05) is 16.8 Å². The molecule has 1 aromatic heterocycles. The van der Waals surface area contributed by atoms with Crippen LogP contribution in [0.25, 0.3) is 27.2 Å². The lowest BCUT2D eigenvalue weighted by Gasteiger charge is -2.12. The van der Waals surface area contributed by atoms with Crippen LogP contribution in [0.3, 0.4) is 0 Å². The number of benzene rings is 3.